The number of anilines is 1. The minimum Gasteiger partial charge on any atom is -0.344 e. The topological polar surface area (TPSA) is 29.0 Å². The van der Waals surface area contributed by atoms with Gasteiger partial charge in [0, 0.05) is 12.2 Å². The van der Waals surface area contributed by atoms with Crippen LogP contribution in [0.4, 0.5) is 19.0 Å². The lowest BCUT2D eigenvalue weighted by molar-refractivity contribution is -0.120. The van der Waals surface area contributed by atoms with Crippen LogP contribution in [0.3, 0.4) is 0 Å². The number of nitrogens with zero attached hydrogens (tertiary/aromatic N) is 3. The predicted octanol–water partition coefficient (Wildman–Crippen LogP) is 2.99. The zero-order chi connectivity index (χ0) is 13.1. The lowest BCUT2D eigenvalue weighted by Crippen LogP contribution is -2.39. The summed E-state index contributed by atoms with van der Waals surface area (Å²) in [7, 11) is 0. The molecule has 0 aliphatic heterocycles. The molecule has 0 unspecified atom stereocenters. The first-order chi connectivity index (χ1) is 7.83. The van der Waals surface area contributed by atoms with Gasteiger partial charge in [-0.25, -0.2) is 4.98 Å². The molecular formula is C10H13ClF3N3. The third kappa shape index (κ3) is 4.38. The lowest BCUT2D eigenvalue weighted by atomic mass is 10.3. The summed E-state index contributed by atoms with van der Waals surface area (Å²) < 4.78 is 37.3. The minimum atomic E-state index is -4.27. The van der Waals surface area contributed by atoms with Crippen LogP contribution in [-0.4, -0.2) is 28.7 Å². The molecule has 0 spiro atoms. The Kier molecular flexibility index (Phi) is 4.56. The van der Waals surface area contributed by atoms with E-state index in [-0.39, 0.29) is 17.7 Å². The summed E-state index contributed by atoms with van der Waals surface area (Å²) >= 11 is 5.57. The molecule has 0 bridgehead atoms. The van der Waals surface area contributed by atoms with Crippen molar-refractivity contribution in [2.24, 2.45) is 0 Å². The smallest absolute Gasteiger partial charge is 0.344 e. The average Bonchev–Trinajstić information content (AvgIpc) is 2.24. The summed E-state index contributed by atoms with van der Waals surface area (Å²) in [5.41, 5.74) is 0.456. The molecule has 0 fully saturated rings. The van der Waals surface area contributed by atoms with Crippen LogP contribution in [0.2, 0.25) is 0 Å². The maximum atomic E-state index is 12.4. The van der Waals surface area contributed by atoms with Gasteiger partial charge in [-0.3, -0.25) is 4.98 Å². The number of alkyl halides is 4. The number of hydrogen-bond acceptors (Lipinski definition) is 3. The van der Waals surface area contributed by atoms with Gasteiger partial charge in [0.15, 0.2) is 0 Å². The van der Waals surface area contributed by atoms with Crippen molar-refractivity contribution in [2.45, 2.75) is 31.9 Å². The fourth-order valence-corrected chi connectivity index (χ4v) is 1.45. The third-order valence-corrected chi connectivity index (χ3v) is 2.35. The number of halogens is 4. The highest BCUT2D eigenvalue weighted by Crippen LogP contribution is 2.22. The molecule has 0 radical (unpaired) electrons. The van der Waals surface area contributed by atoms with Crippen molar-refractivity contribution in [2.75, 3.05) is 11.4 Å². The molecule has 1 heterocycles. The second kappa shape index (κ2) is 5.53. The molecule has 7 heteroatoms. The molecule has 0 aliphatic carbocycles. The molecule has 1 aromatic heterocycles. The van der Waals surface area contributed by atoms with E-state index < -0.39 is 12.7 Å². The summed E-state index contributed by atoms with van der Waals surface area (Å²) in [6, 6.07) is -0.323. The monoisotopic (exact) mass is 267 g/mol. The van der Waals surface area contributed by atoms with Gasteiger partial charge in [-0.15, -0.1) is 11.6 Å². The number of hydrogen-bond donors (Lipinski definition) is 0. The molecule has 96 valence electrons. The minimum absolute atomic E-state index is 0.124. The highest BCUT2D eigenvalue weighted by molar-refractivity contribution is 6.16. The van der Waals surface area contributed by atoms with Gasteiger partial charge in [0.25, 0.3) is 0 Å². The van der Waals surface area contributed by atoms with E-state index in [2.05, 4.69) is 9.97 Å². The molecule has 17 heavy (non-hydrogen) atoms. The van der Waals surface area contributed by atoms with Crippen LogP contribution in [-0.2, 0) is 5.88 Å². The van der Waals surface area contributed by atoms with E-state index in [0.717, 1.165) is 4.90 Å². The molecular weight excluding hydrogens is 255 g/mol. The van der Waals surface area contributed by atoms with Crippen LogP contribution in [0.15, 0.2) is 12.4 Å². The van der Waals surface area contributed by atoms with Gasteiger partial charge >= 0.3 is 6.18 Å². The van der Waals surface area contributed by atoms with Gasteiger partial charge in [0.05, 0.1) is 17.8 Å². The zero-order valence-electron chi connectivity index (χ0n) is 9.50. The van der Waals surface area contributed by atoms with Crippen LogP contribution < -0.4 is 4.90 Å². The van der Waals surface area contributed by atoms with E-state index >= 15 is 0 Å². The maximum Gasteiger partial charge on any atom is 0.405 e. The predicted molar refractivity (Wildman–Crippen MR) is 60.1 cm³/mol. The maximum absolute atomic E-state index is 12.4. The Morgan fingerprint density at radius 2 is 2.00 bits per heavy atom. The van der Waals surface area contributed by atoms with Crippen molar-refractivity contribution in [1.29, 1.82) is 0 Å². The first-order valence-corrected chi connectivity index (χ1v) is 5.57. The summed E-state index contributed by atoms with van der Waals surface area (Å²) in [4.78, 5) is 9.00. The molecule has 0 aliphatic rings. The lowest BCUT2D eigenvalue weighted by Gasteiger charge is -2.28. The van der Waals surface area contributed by atoms with Crippen LogP contribution >= 0.6 is 11.6 Å². The fraction of sp³-hybridized carbons (Fsp3) is 0.600. The van der Waals surface area contributed by atoms with Gasteiger partial charge in [0.1, 0.15) is 12.4 Å². The Hall–Kier alpha value is -1.04. The second-order valence-electron chi connectivity index (χ2n) is 3.84. The Bertz CT molecular complexity index is 368. The number of rotatable bonds is 4. The molecule has 1 aromatic rings. The van der Waals surface area contributed by atoms with Crippen molar-refractivity contribution in [3.05, 3.63) is 18.1 Å². The molecule has 0 saturated heterocycles. The van der Waals surface area contributed by atoms with E-state index in [0.29, 0.717) is 5.69 Å². The second-order valence-corrected chi connectivity index (χ2v) is 4.11. The normalized spacial score (nSPS) is 11.9. The average molecular weight is 268 g/mol. The van der Waals surface area contributed by atoms with Crippen LogP contribution in [0.1, 0.15) is 19.5 Å². The van der Waals surface area contributed by atoms with Crippen molar-refractivity contribution >= 4 is 17.4 Å². The molecule has 1 rings (SSSR count). The number of aromatic nitrogens is 2. The summed E-state index contributed by atoms with van der Waals surface area (Å²) in [5, 5.41) is 0. The van der Waals surface area contributed by atoms with Gasteiger partial charge in [-0.05, 0) is 13.8 Å². The third-order valence-electron chi connectivity index (χ3n) is 2.08. The first-order valence-electron chi connectivity index (χ1n) is 5.04. The first kappa shape index (κ1) is 14.0. The molecule has 0 saturated carbocycles. The SMILES string of the molecule is CC(C)N(CC(F)(F)F)c1cncc(CCl)n1. The summed E-state index contributed by atoms with van der Waals surface area (Å²) in [6.07, 6.45) is -1.53. The van der Waals surface area contributed by atoms with Crippen molar-refractivity contribution < 1.29 is 13.2 Å². The zero-order valence-corrected chi connectivity index (χ0v) is 10.3. The Labute approximate surface area is 103 Å². The van der Waals surface area contributed by atoms with Crippen LogP contribution in [0.25, 0.3) is 0 Å². The van der Waals surface area contributed by atoms with Crippen molar-refractivity contribution in [1.82, 2.24) is 9.97 Å². The molecule has 0 aromatic carbocycles. The van der Waals surface area contributed by atoms with E-state index in [4.69, 9.17) is 11.6 Å². The van der Waals surface area contributed by atoms with Crippen LogP contribution in [0, 0.1) is 0 Å². The summed E-state index contributed by atoms with van der Waals surface area (Å²) in [5.74, 6) is 0.314. The quantitative estimate of drug-likeness (QED) is 0.786. The Morgan fingerprint density at radius 3 is 2.47 bits per heavy atom. The highest BCUT2D eigenvalue weighted by Gasteiger charge is 2.32. The van der Waals surface area contributed by atoms with E-state index in [1.807, 2.05) is 0 Å². The highest BCUT2D eigenvalue weighted by atomic mass is 35.5. The van der Waals surface area contributed by atoms with Gasteiger partial charge in [-0.1, -0.05) is 0 Å². The van der Waals surface area contributed by atoms with E-state index in [1.54, 1.807) is 13.8 Å². The van der Waals surface area contributed by atoms with Crippen molar-refractivity contribution in [3.63, 3.8) is 0 Å². The summed E-state index contributed by atoms with van der Waals surface area (Å²) in [6.45, 7) is 2.28. The fourth-order valence-electron chi connectivity index (χ4n) is 1.32. The molecule has 3 nitrogen and oxygen atoms in total. The van der Waals surface area contributed by atoms with E-state index in [1.165, 1.54) is 12.4 Å². The van der Waals surface area contributed by atoms with Gasteiger partial charge < -0.3 is 4.90 Å². The van der Waals surface area contributed by atoms with Gasteiger partial charge in [0.2, 0.25) is 0 Å². The Morgan fingerprint density at radius 1 is 1.35 bits per heavy atom. The standard InChI is InChI=1S/C10H13ClF3N3/c1-7(2)17(6-10(12,13)14)9-5-15-4-8(3-11)16-9/h4-5,7H,3,6H2,1-2H3. The molecule has 0 amide bonds. The van der Waals surface area contributed by atoms with E-state index in [9.17, 15) is 13.2 Å². The largest absolute Gasteiger partial charge is 0.405 e. The molecule has 0 atom stereocenters. The Balaban J connectivity index is 2.97. The molecule has 0 N–H and O–H groups in total. The van der Waals surface area contributed by atoms with Crippen LogP contribution in [0.5, 0.6) is 0 Å². The van der Waals surface area contributed by atoms with Gasteiger partial charge in [-0.2, -0.15) is 13.2 Å². The van der Waals surface area contributed by atoms with Crippen molar-refractivity contribution in [3.8, 4) is 0 Å².